The van der Waals surface area contributed by atoms with Gasteiger partial charge in [-0.2, -0.15) is 0 Å². The summed E-state index contributed by atoms with van der Waals surface area (Å²) in [6.45, 7) is 0. The average molecular weight is 385 g/mol. The van der Waals surface area contributed by atoms with Crippen molar-refractivity contribution in [2.24, 2.45) is 4.99 Å². The average Bonchev–Trinajstić information content (AvgIpc) is 3.26. The molecule has 0 N–H and O–H groups in total. The number of aromatic nitrogens is 1. The second-order valence-electron chi connectivity index (χ2n) is 5.30. The van der Waals surface area contributed by atoms with E-state index in [2.05, 4.69) is 9.98 Å². The van der Waals surface area contributed by atoms with Gasteiger partial charge in [-0.3, -0.25) is 4.99 Å². The normalized spacial score (nSPS) is 11.6. The van der Waals surface area contributed by atoms with Crippen molar-refractivity contribution in [2.75, 3.05) is 6.26 Å². The second-order valence-corrected chi connectivity index (χ2v) is 7.82. The van der Waals surface area contributed by atoms with Crippen LogP contribution in [0.15, 0.2) is 68.3 Å². The summed E-state index contributed by atoms with van der Waals surface area (Å²) in [4.78, 5) is 9.05. The summed E-state index contributed by atoms with van der Waals surface area (Å²) in [6, 6.07) is 17.4. The van der Waals surface area contributed by atoms with Gasteiger partial charge in [0.25, 0.3) is 0 Å². The highest BCUT2D eigenvalue weighted by molar-refractivity contribution is 8.00. The Morgan fingerprint density at radius 2 is 1.96 bits per heavy atom. The van der Waals surface area contributed by atoms with E-state index in [0.29, 0.717) is 10.8 Å². The number of aliphatic imine (C=N–C) groups is 1. The molecule has 0 fully saturated rings. The van der Waals surface area contributed by atoms with Crippen molar-refractivity contribution in [3.8, 4) is 11.3 Å². The molecule has 0 radical (unpaired) electrons. The number of thiazole rings is 1. The largest absolute Gasteiger partial charge is 0.455 e. The summed E-state index contributed by atoms with van der Waals surface area (Å²) in [7, 11) is 0. The summed E-state index contributed by atoms with van der Waals surface area (Å²) in [6.07, 6.45) is 3.77. The molecule has 0 saturated heterocycles. The van der Waals surface area contributed by atoms with Gasteiger partial charge in [-0.05, 0) is 60.9 Å². The third-order valence-electron chi connectivity index (χ3n) is 3.62. The highest BCUT2D eigenvalue weighted by Crippen LogP contribution is 2.31. The number of furan rings is 1. The Morgan fingerprint density at radius 3 is 2.76 bits per heavy atom. The van der Waals surface area contributed by atoms with Gasteiger partial charge in [0.15, 0.2) is 4.34 Å². The van der Waals surface area contributed by atoms with E-state index in [4.69, 9.17) is 16.0 Å². The minimum atomic E-state index is 0.708. The van der Waals surface area contributed by atoms with Gasteiger partial charge in [0, 0.05) is 10.6 Å². The van der Waals surface area contributed by atoms with Crippen molar-refractivity contribution in [3.05, 3.63) is 65.4 Å². The number of halogens is 1. The monoisotopic (exact) mass is 384 g/mol. The molecule has 2 aromatic heterocycles. The number of thioether (sulfide) groups is 1. The van der Waals surface area contributed by atoms with Crippen LogP contribution in [0.3, 0.4) is 0 Å². The van der Waals surface area contributed by atoms with E-state index in [1.54, 1.807) is 29.3 Å². The third-order valence-corrected chi connectivity index (χ3v) is 5.88. The summed E-state index contributed by atoms with van der Waals surface area (Å²) in [5.74, 6) is 1.50. The summed E-state index contributed by atoms with van der Waals surface area (Å²) >= 11 is 9.25. The van der Waals surface area contributed by atoms with Crippen LogP contribution in [0.5, 0.6) is 0 Å². The van der Waals surface area contributed by atoms with E-state index in [0.717, 1.165) is 31.6 Å². The van der Waals surface area contributed by atoms with Crippen molar-refractivity contribution in [2.45, 2.75) is 4.34 Å². The van der Waals surface area contributed by atoms with Crippen LogP contribution < -0.4 is 0 Å². The van der Waals surface area contributed by atoms with E-state index >= 15 is 0 Å². The molecule has 6 heteroatoms. The zero-order chi connectivity index (χ0) is 17.2. The molecule has 0 aliphatic heterocycles. The van der Waals surface area contributed by atoms with Crippen molar-refractivity contribution in [1.82, 2.24) is 4.98 Å². The molecule has 4 rings (SSSR count). The Bertz CT molecular complexity index is 1050. The minimum Gasteiger partial charge on any atom is -0.455 e. The molecule has 2 aromatic carbocycles. The van der Waals surface area contributed by atoms with Gasteiger partial charge in [0.2, 0.25) is 0 Å². The van der Waals surface area contributed by atoms with Crippen molar-refractivity contribution in [3.63, 3.8) is 0 Å². The van der Waals surface area contributed by atoms with Crippen LogP contribution in [0, 0.1) is 0 Å². The lowest BCUT2D eigenvalue weighted by molar-refractivity contribution is 0.575. The number of fused-ring (bicyclic) bond motifs is 1. The first-order valence-corrected chi connectivity index (χ1v) is 9.97. The number of benzene rings is 2. The molecule has 0 saturated carbocycles. The maximum absolute atomic E-state index is 5.92. The van der Waals surface area contributed by atoms with Crippen LogP contribution >= 0.6 is 34.7 Å². The SMILES string of the molecule is CSc1nc2ccc(N=Cc3ccc(-c4ccc(Cl)cc4)o3)cc2s1. The molecule has 0 aliphatic rings. The Morgan fingerprint density at radius 1 is 1.12 bits per heavy atom. The van der Waals surface area contributed by atoms with Crippen LogP contribution in [0.25, 0.3) is 21.5 Å². The number of hydrogen-bond acceptors (Lipinski definition) is 5. The topological polar surface area (TPSA) is 38.4 Å². The molecular formula is C19H13ClN2OS2. The number of nitrogens with zero attached hydrogens (tertiary/aromatic N) is 2. The minimum absolute atomic E-state index is 0.708. The number of hydrogen-bond donors (Lipinski definition) is 0. The molecule has 4 aromatic rings. The van der Waals surface area contributed by atoms with Crippen molar-refractivity contribution >= 4 is 56.8 Å². The molecule has 0 spiro atoms. The molecular weight excluding hydrogens is 372 g/mol. The van der Waals surface area contributed by atoms with Gasteiger partial charge >= 0.3 is 0 Å². The van der Waals surface area contributed by atoms with E-state index in [1.165, 1.54) is 0 Å². The molecule has 2 heterocycles. The molecule has 124 valence electrons. The van der Waals surface area contributed by atoms with Crippen molar-refractivity contribution in [1.29, 1.82) is 0 Å². The highest BCUT2D eigenvalue weighted by atomic mass is 35.5. The number of rotatable bonds is 4. The molecule has 0 unspecified atom stereocenters. The van der Waals surface area contributed by atoms with Gasteiger partial charge in [0.1, 0.15) is 11.5 Å². The first kappa shape index (κ1) is 16.4. The Balaban J connectivity index is 1.56. The summed E-state index contributed by atoms with van der Waals surface area (Å²) < 4.78 is 8.04. The highest BCUT2D eigenvalue weighted by Gasteiger charge is 2.05. The van der Waals surface area contributed by atoms with E-state index in [9.17, 15) is 0 Å². The Labute approximate surface area is 158 Å². The molecule has 0 aliphatic carbocycles. The first-order valence-electron chi connectivity index (χ1n) is 7.56. The fourth-order valence-corrected chi connectivity index (χ4v) is 4.04. The second kappa shape index (κ2) is 7.04. The molecule has 0 atom stereocenters. The van der Waals surface area contributed by atoms with Crippen LogP contribution in [0.1, 0.15) is 5.76 Å². The summed E-state index contributed by atoms with van der Waals surface area (Å²) in [5.41, 5.74) is 2.88. The van der Waals surface area contributed by atoms with Crippen molar-refractivity contribution < 1.29 is 4.42 Å². The lowest BCUT2D eigenvalue weighted by Gasteiger charge is -1.96. The zero-order valence-corrected chi connectivity index (χ0v) is 15.7. The predicted molar refractivity (Wildman–Crippen MR) is 108 cm³/mol. The predicted octanol–water partition coefficient (Wildman–Crippen LogP) is 6.68. The van der Waals surface area contributed by atoms with Crippen LogP contribution in [-0.4, -0.2) is 17.5 Å². The zero-order valence-electron chi connectivity index (χ0n) is 13.3. The van der Waals surface area contributed by atoms with Gasteiger partial charge in [0.05, 0.1) is 22.1 Å². The fraction of sp³-hybridized carbons (Fsp3) is 0.0526. The third kappa shape index (κ3) is 3.63. The quantitative estimate of drug-likeness (QED) is 0.291. The van der Waals surface area contributed by atoms with Gasteiger partial charge in [-0.1, -0.05) is 23.4 Å². The van der Waals surface area contributed by atoms with E-state index in [-0.39, 0.29) is 0 Å². The smallest absolute Gasteiger partial charge is 0.150 e. The van der Waals surface area contributed by atoms with Crippen LogP contribution in [0.4, 0.5) is 5.69 Å². The Hall–Kier alpha value is -2.08. The fourth-order valence-electron chi connectivity index (χ4n) is 2.39. The lowest BCUT2D eigenvalue weighted by Crippen LogP contribution is -1.75. The maximum atomic E-state index is 5.92. The van der Waals surface area contributed by atoms with Crippen LogP contribution in [0.2, 0.25) is 5.02 Å². The van der Waals surface area contributed by atoms with Gasteiger partial charge in [-0.15, -0.1) is 11.3 Å². The van der Waals surface area contributed by atoms with E-state index in [1.807, 2.05) is 60.9 Å². The molecule has 0 bridgehead atoms. The first-order chi connectivity index (χ1) is 12.2. The molecule has 3 nitrogen and oxygen atoms in total. The molecule has 25 heavy (non-hydrogen) atoms. The molecule has 0 amide bonds. The summed E-state index contributed by atoms with van der Waals surface area (Å²) in [5, 5.41) is 0.709. The maximum Gasteiger partial charge on any atom is 0.150 e. The Kier molecular flexibility index (Phi) is 4.61. The van der Waals surface area contributed by atoms with Gasteiger partial charge in [-0.25, -0.2) is 4.98 Å². The van der Waals surface area contributed by atoms with E-state index < -0.39 is 0 Å². The lowest BCUT2D eigenvalue weighted by atomic mass is 10.2. The van der Waals surface area contributed by atoms with Gasteiger partial charge < -0.3 is 4.42 Å². The van der Waals surface area contributed by atoms with Crippen LogP contribution in [-0.2, 0) is 0 Å². The standard InChI is InChI=1S/C19H13ClN2OS2/c1-24-19-22-16-8-6-14(10-18(16)25-19)21-11-15-7-9-17(23-15)12-2-4-13(20)5-3-12/h2-11H,1H3.